The summed E-state index contributed by atoms with van der Waals surface area (Å²) < 4.78 is 25.0. The van der Waals surface area contributed by atoms with E-state index < -0.39 is 36.6 Å². The molecule has 4 atom stereocenters. The maximum Gasteiger partial charge on any atom is 0.410 e. The molecule has 1 heterocycles. The molecule has 8 heteroatoms. The van der Waals surface area contributed by atoms with Gasteiger partial charge in [0.15, 0.2) is 0 Å². The monoisotopic (exact) mass is 597 g/mol. The van der Waals surface area contributed by atoms with Gasteiger partial charge >= 0.3 is 6.09 Å². The maximum atomic E-state index is 13.5. The molecule has 1 amide bonds. The predicted molar refractivity (Wildman–Crippen MR) is 165 cm³/mol. The average Bonchev–Trinajstić information content (AvgIpc) is 3.20. The van der Waals surface area contributed by atoms with Crippen LogP contribution in [0.25, 0.3) is 0 Å². The van der Waals surface area contributed by atoms with Crippen molar-refractivity contribution in [2.24, 2.45) is 0 Å². The molecule has 1 fully saturated rings. The highest BCUT2D eigenvalue weighted by atomic mass is 16.6. The van der Waals surface area contributed by atoms with Gasteiger partial charge in [-0.1, -0.05) is 121 Å². The molecule has 4 aromatic carbocycles. The lowest BCUT2D eigenvalue weighted by Crippen LogP contribution is -2.58. The Kier molecular flexibility index (Phi) is 11.1. The van der Waals surface area contributed by atoms with Crippen LogP contribution in [0.1, 0.15) is 22.3 Å². The molecule has 0 aliphatic carbocycles. The molecule has 0 aromatic heterocycles. The maximum absolute atomic E-state index is 13.5. The Hall–Kier alpha value is -4.05. The number of β-amino-alcohol motifs (C(OH)–C–C–N with tert-alkyl or cyclic N) is 1. The third-order valence-corrected chi connectivity index (χ3v) is 7.66. The molecule has 44 heavy (non-hydrogen) atoms. The largest absolute Gasteiger partial charge is 0.445 e. The quantitative estimate of drug-likeness (QED) is 0.234. The molecule has 1 aliphatic rings. The van der Waals surface area contributed by atoms with Gasteiger partial charge in [0.2, 0.25) is 0 Å². The number of carbonyl (C=O) groups is 1. The third-order valence-electron chi connectivity index (χ3n) is 7.66. The first-order valence-electron chi connectivity index (χ1n) is 14.8. The second kappa shape index (κ2) is 15.6. The Morgan fingerprint density at radius 1 is 0.659 bits per heavy atom. The second-order valence-corrected chi connectivity index (χ2v) is 11.0. The van der Waals surface area contributed by atoms with Crippen LogP contribution in [0.5, 0.6) is 0 Å². The van der Waals surface area contributed by atoms with Gasteiger partial charge in [0.1, 0.15) is 30.5 Å². The highest BCUT2D eigenvalue weighted by molar-refractivity contribution is 5.68. The van der Waals surface area contributed by atoms with Crippen molar-refractivity contribution in [3.63, 3.8) is 0 Å². The van der Waals surface area contributed by atoms with Crippen molar-refractivity contribution < 1.29 is 34.0 Å². The Labute approximate surface area is 258 Å². The van der Waals surface area contributed by atoms with Crippen molar-refractivity contribution in [2.45, 2.75) is 50.3 Å². The summed E-state index contributed by atoms with van der Waals surface area (Å²) in [5.74, 6) is 0. The highest BCUT2D eigenvalue weighted by Crippen LogP contribution is 2.31. The van der Waals surface area contributed by atoms with Crippen LogP contribution >= 0.6 is 0 Å². The van der Waals surface area contributed by atoms with Gasteiger partial charge in [-0.05, 0) is 22.3 Å². The average molecular weight is 598 g/mol. The minimum absolute atomic E-state index is 0.0490. The van der Waals surface area contributed by atoms with Gasteiger partial charge in [0, 0.05) is 0 Å². The standard InChI is InChI=1S/C36H39NO7/c38-27-36(40)26-37(35(39)44-25-31-19-11-4-12-20-31)21-32(41-22-28-13-5-1-6-14-28)33(42-23-29-15-7-2-8-16-29)34(36)43-24-30-17-9-3-10-18-30/h1-20,32-34,38,40H,21-27H2/t32-,33+,34-,36-/m0/s1. The third kappa shape index (κ3) is 8.53. The van der Waals surface area contributed by atoms with Crippen LogP contribution in [0.4, 0.5) is 4.79 Å². The van der Waals surface area contributed by atoms with Crippen molar-refractivity contribution in [1.82, 2.24) is 4.90 Å². The van der Waals surface area contributed by atoms with Crippen molar-refractivity contribution in [3.05, 3.63) is 144 Å². The number of hydrogen-bond donors (Lipinski definition) is 2. The fourth-order valence-corrected chi connectivity index (χ4v) is 5.29. The van der Waals surface area contributed by atoms with Crippen molar-refractivity contribution >= 4 is 6.09 Å². The smallest absolute Gasteiger partial charge is 0.410 e. The fourth-order valence-electron chi connectivity index (χ4n) is 5.29. The van der Waals surface area contributed by atoms with Gasteiger partial charge in [-0.2, -0.15) is 0 Å². The summed E-state index contributed by atoms with van der Waals surface area (Å²) in [7, 11) is 0. The van der Waals surface area contributed by atoms with E-state index in [0.717, 1.165) is 22.3 Å². The lowest BCUT2D eigenvalue weighted by Gasteiger charge is -2.39. The minimum atomic E-state index is -1.88. The van der Waals surface area contributed by atoms with E-state index in [1.165, 1.54) is 4.90 Å². The molecule has 0 unspecified atom stereocenters. The zero-order chi connectivity index (χ0) is 30.6. The minimum Gasteiger partial charge on any atom is -0.445 e. The van der Waals surface area contributed by atoms with E-state index in [9.17, 15) is 15.0 Å². The number of aliphatic hydroxyl groups excluding tert-OH is 1. The van der Waals surface area contributed by atoms with Crippen LogP contribution in [-0.2, 0) is 45.4 Å². The molecular formula is C36H39NO7. The normalized spacial score (nSPS) is 21.9. The first-order valence-corrected chi connectivity index (χ1v) is 14.8. The summed E-state index contributed by atoms with van der Waals surface area (Å²) in [6, 6.07) is 38.3. The number of rotatable bonds is 12. The predicted octanol–water partition coefficient (Wildman–Crippen LogP) is 5.12. The Morgan fingerprint density at radius 2 is 1.09 bits per heavy atom. The molecular weight excluding hydrogens is 558 g/mol. The van der Waals surface area contributed by atoms with Crippen LogP contribution in [-0.4, -0.2) is 64.8 Å². The van der Waals surface area contributed by atoms with Crippen LogP contribution in [0.2, 0.25) is 0 Å². The molecule has 0 bridgehead atoms. The zero-order valence-electron chi connectivity index (χ0n) is 24.6. The molecule has 1 saturated heterocycles. The van der Waals surface area contributed by atoms with E-state index in [4.69, 9.17) is 18.9 Å². The number of nitrogens with zero attached hydrogens (tertiary/aromatic N) is 1. The SMILES string of the molecule is O=C(OCc1ccccc1)N1C[C@H](OCc2ccccc2)[C@@H](OCc2ccccc2)[C@H](OCc2ccccc2)[C@@](O)(CO)C1. The number of aliphatic hydroxyl groups is 2. The first-order chi connectivity index (χ1) is 21.5. The molecule has 2 N–H and O–H groups in total. The molecule has 8 nitrogen and oxygen atoms in total. The molecule has 230 valence electrons. The van der Waals surface area contributed by atoms with Crippen molar-refractivity contribution in [3.8, 4) is 0 Å². The van der Waals surface area contributed by atoms with Crippen LogP contribution in [0.15, 0.2) is 121 Å². The topological polar surface area (TPSA) is 97.7 Å². The molecule has 0 saturated carbocycles. The summed E-state index contributed by atoms with van der Waals surface area (Å²) >= 11 is 0. The summed E-state index contributed by atoms with van der Waals surface area (Å²) in [6.07, 6.45) is -3.28. The lowest BCUT2D eigenvalue weighted by atomic mass is 9.91. The van der Waals surface area contributed by atoms with E-state index in [1.807, 2.05) is 121 Å². The van der Waals surface area contributed by atoms with Gasteiger partial charge in [0.25, 0.3) is 0 Å². The number of ether oxygens (including phenoxy) is 4. The van der Waals surface area contributed by atoms with E-state index in [1.54, 1.807) is 0 Å². The molecule has 1 aliphatic heterocycles. The number of carbonyl (C=O) groups excluding carboxylic acids is 1. The summed E-state index contributed by atoms with van der Waals surface area (Å²) in [5.41, 5.74) is 1.70. The Bertz CT molecular complexity index is 1410. The van der Waals surface area contributed by atoms with E-state index >= 15 is 0 Å². The van der Waals surface area contributed by atoms with E-state index in [0.29, 0.717) is 0 Å². The summed E-state index contributed by atoms with van der Waals surface area (Å²) in [6.45, 7) is -0.200. The number of hydrogen-bond acceptors (Lipinski definition) is 7. The molecule has 5 rings (SSSR count). The van der Waals surface area contributed by atoms with Gasteiger partial charge in [-0.3, -0.25) is 0 Å². The lowest BCUT2D eigenvalue weighted by molar-refractivity contribution is -0.207. The molecule has 0 spiro atoms. The number of amides is 1. The number of benzene rings is 4. The fraction of sp³-hybridized carbons (Fsp3) is 0.306. The molecule has 4 aromatic rings. The Morgan fingerprint density at radius 3 is 1.57 bits per heavy atom. The summed E-state index contributed by atoms with van der Waals surface area (Å²) in [5, 5.41) is 22.7. The van der Waals surface area contributed by atoms with Gasteiger partial charge in [-0.15, -0.1) is 0 Å². The van der Waals surface area contributed by atoms with Crippen molar-refractivity contribution in [2.75, 3.05) is 19.7 Å². The van der Waals surface area contributed by atoms with E-state index in [-0.39, 0.29) is 39.5 Å². The highest BCUT2D eigenvalue weighted by Gasteiger charge is 2.51. The second-order valence-electron chi connectivity index (χ2n) is 11.0. The molecule has 0 radical (unpaired) electrons. The zero-order valence-corrected chi connectivity index (χ0v) is 24.6. The van der Waals surface area contributed by atoms with Crippen LogP contribution < -0.4 is 0 Å². The van der Waals surface area contributed by atoms with Crippen LogP contribution in [0.3, 0.4) is 0 Å². The number of likely N-dealkylation sites (tertiary alicyclic amines) is 1. The van der Waals surface area contributed by atoms with E-state index in [2.05, 4.69) is 0 Å². The first kappa shape index (κ1) is 31.4. The van der Waals surface area contributed by atoms with Gasteiger partial charge in [0.05, 0.1) is 39.5 Å². The Balaban J connectivity index is 1.45. The van der Waals surface area contributed by atoms with Gasteiger partial charge in [-0.25, -0.2) is 4.79 Å². The van der Waals surface area contributed by atoms with Gasteiger partial charge < -0.3 is 34.1 Å². The van der Waals surface area contributed by atoms with Crippen molar-refractivity contribution in [1.29, 1.82) is 0 Å². The van der Waals surface area contributed by atoms with Crippen LogP contribution in [0, 0.1) is 0 Å². The summed E-state index contributed by atoms with van der Waals surface area (Å²) in [4.78, 5) is 14.9.